The van der Waals surface area contributed by atoms with Crippen LogP contribution < -0.4 is 0 Å². The number of methoxy groups -OCH3 is 1. The van der Waals surface area contributed by atoms with Crippen LogP contribution in [0.25, 0.3) is 10.1 Å². The first-order valence-corrected chi connectivity index (χ1v) is 8.00. The van der Waals surface area contributed by atoms with Crippen molar-refractivity contribution in [3.63, 3.8) is 0 Å². The van der Waals surface area contributed by atoms with Crippen LogP contribution in [-0.2, 0) is 9.53 Å². The highest BCUT2D eigenvalue weighted by Crippen LogP contribution is 2.30. The van der Waals surface area contributed by atoms with Crippen LogP contribution in [0.2, 0.25) is 0 Å². The van der Waals surface area contributed by atoms with E-state index in [0.29, 0.717) is 18.5 Å². The number of amides is 1. The van der Waals surface area contributed by atoms with Crippen molar-refractivity contribution in [2.75, 3.05) is 13.7 Å². The summed E-state index contributed by atoms with van der Waals surface area (Å²) in [7, 11) is 1.59. The second kappa shape index (κ2) is 6.06. The summed E-state index contributed by atoms with van der Waals surface area (Å²) in [5.41, 5.74) is 0.646. The molecule has 1 saturated heterocycles. The van der Waals surface area contributed by atoms with Crippen molar-refractivity contribution >= 4 is 33.3 Å². The number of thiophene rings is 1. The molecule has 1 aliphatic rings. The lowest BCUT2D eigenvalue weighted by molar-refractivity contribution is -0.137. The molecule has 22 heavy (non-hydrogen) atoms. The zero-order valence-corrected chi connectivity index (χ0v) is 13.0. The van der Waals surface area contributed by atoms with Crippen LogP contribution >= 0.6 is 11.3 Å². The van der Waals surface area contributed by atoms with Crippen molar-refractivity contribution in [2.24, 2.45) is 0 Å². The first-order valence-electron chi connectivity index (χ1n) is 7.12. The molecule has 0 radical (unpaired) electrons. The molecule has 2 unspecified atom stereocenters. The number of rotatable bonds is 4. The first-order chi connectivity index (χ1) is 10.6. The Labute approximate surface area is 132 Å². The SMILES string of the molecule is COC1CC(CC(=O)O)N(C(=O)c2csc3ccccc23)C1. The lowest BCUT2D eigenvalue weighted by Gasteiger charge is -2.23. The van der Waals surface area contributed by atoms with Gasteiger partial charge in [-0.2, -0.15) is 0 Å². The van der Waals surface area contributed by atoms with Crippen molar-refractivity contribution in [3.05, 3.63) is 35.2 Å². The number of ether oxygens (including phenoxy) is 1. The largest absolute Gasteiger partial charge is 0.481 e. The number of likely N-dealkylation sites (tertiary alicyclic amines) is 1. The third kappa shape index (κ3) is 2.71. The molecule has 0 saturated carbocycles. The smallest absolute Gasteiger partial charge is 0.305 e. The number of hydrogen-bond acceptors (Lipinski definition) is 4. The van der Waals surface area contributed by atoms with Crippen molar-refractivity contribution in [1.82, 2.24) is 4.90 Å². The van der Waals surface area contributed by atoms with E-state index in [-0.39, 0.29) is 24.5 Å². The van der Waals surface area contributed by atoms with Gasteiger partial charge in [-0.25, -0.2) is 0 Å². The third-order valence-electron chi connectivity index (χ3n) is 4.09. The number of benzene rings is 1. The summed E-state index contributed by atoms with van der Waals surface area (Å²) in [5, 5.41) is 11.8. The Morgan fingerprint density at radius 1 is 1.41 bits per heavy atom. The van der Waals surface area contributed by atoms with Crippen molar-refractivity contribution < 1.29 is 19.4 Å². The van der Waals surface area contributed by atoms with Gasteiger partial charge in [-0.1, -0.05) is 18.2 Å². The van der Waals surface area contributed by atoms with Gasteiger partial charge in [-0.05, 0) is 12.5 Å². The summed E-state index contributed by atoms with van der Waals surface area (Å²) in [6.07, 6.45) is 0.419. The van der Waals surface area contributed by atoms with Crippen LogP contribution in [0.4, 0.5) is 0 Å². The maximum Gasteiger partial charge on any atom is 0.305 e. The molecule has 116 valence electrons. The van der Waals surface area contributed by atoms with Gasteiger partial charge in [0.25, 0.3) is 5.91 Å². The number of carboxylic acid groups (broad SMARTS) is 1. The predicted molar refractivity (Wildman–Crippen MR) is 84.3 cm³/mol. The number of hydrogen-bond donors (Lipinski definition) is 1. The summed E-state index contributed by atoms with van der Waals surface area (Å²) in [4.78, 5) is 25.5. The highest BCUT2D eigenvalue weighted by molar-refractivity contribution is 7.17. The van der Waals surface area contributed by atoms with E-state index in [0.717, 1.165) is 10.1 Å². The highest BCUT2D eigenvalue weighted by atomic mass is 32.1. The van der Waals surface area contributed by atoms with E-state index in [1.807, 2.05) is 29.6 Å². The average Bonchev–Trinajstić information content (AvgIpc) is 3.10. The lowest BCUT2D eigenvalue weighted by Crippen LogP contribution is -2.37. The molecule has 1 aromatic heterocycles. The van der Waals surface area contributed by atoms with Gasteiger partial charge in [0.05, 0.1) is 18.1 Å². The van der Waals surface area contributed by atoms with E-state index in [9.17, 15) is 9.59 Å². The molecular formula is C16H17NO4S. The van der Waals surface area contributed by atoms with Crippen molar-refractivity contribution in [1.29, 1.82) is 0 Å². The van der Waals surface area contributed by atoms with Gasteiger partial charge in [0.2, 0.25) is 0 Å². The maximum atomic E-state index is 12.9. The van der Waals surface area contributed by atoms with Gasteiger partial charge in [0.1, 0.15) is 0 Å². The number of aliphatic carboxylic acids is 1. The van der Waals surface area contributed by atoms with E-state index in [1.54, 1.807) is 12.0 Å². The molecule has 5 nitrogen and oxygen atoms in total. The minimum atomic E-state index is -0.894. The monoisotopic (exact) mass is 319 g/mol. The predicted octanol–water partition coefficient (Wildman–Crippen LogP) is 2.61. The van der Waals surface area contributed by atoms with Crippen LogP contribution in [0.1, 0.15) is 23.2 Å². The minimum Gasteiger partial charge on any atom is -0.481 e. The lowest BCUT2D eigenvalue weighted by atomic mass is 10.1. The van der Waals surface area contributed by atoms with E-state index in [1.165, 1.54) is 11.3 Å². The zero-order chi connectivity index (χ0) is 15.7. The Morgan fingerprint density at radius 2 is 2.18 bits per heavy atom. The van der Waals surface area contributed by atoms with Gasteiger partial charge in [0.15, 0.2) is 0 Å². The normalized spacial score (nSPS) is 21.4. The Balaban J connectivity index is 1.90. The van der Waals surface area contributed by atoms with Crippen LogP contribution in [0.5, 0.6) is 0 Å². The van der Waals surface area contributed by atoms with Crippen LogP contribution in [-0.4, -0.2) is 47.7 Å². The van der Waals surface area contributed by atoms with Gasteiger partial charge >= 0.3 is 5.97 Å². The van der Waals surface area contributed by atoms with E-state index in [4.69, 9.17) is 9.84 Å². The molecule has 6 heteroatoms. The van der Waals surface area contributed by atoms with Gasteiger partial charge in [-0.15, -0.1) is 11.3 Å². The standard InChI is InChI=1S/C16H17NO4S/c1-21-11-6-10(7-15(18)19)17(8-11)16(20)13-9-22-14-5-3-2-4-12(13)14/h2-5,9-11H,6-8H2,1H3,(H,18,19). The third-order valence-corrected chi connectivity index (χ3v) is 5.06. The summed E-state index contributed by atoms with van der Waals surface area (Å²) >= 11 is 1.53. The molecule has 1 aromatic carbocycles. The number of nitrogens with zero attached hydrogens (tertiary/aromatic N) is 1. The Hall–Kier alpha value is -1.92. The van der Waals surface area contributed by atoms with Gasteiger partial charge in [0, 0.05) is 35.2 Å². The number of carbonyl (C=O) groups excluding carboxylic acids is 1. The Kier molecular flexibility index (Phi) is 4.13. The molecule has 0 spiro atoms. The molecule has 3 rings (SSSR count). The van der Waals surface area contributed by atoms with E-state index >= 15 is 0 Å². The number of carboxylic acids is 1. The zero-order valence-electron chi connectivity index (χ0n) is 12.2. The second-order valence-electron chi connectivity index (χ2n) is 5.45. The second-order valence-corrected chi connectivity index (χ2v) is 6.36. The molecule has 1 N–H and O–H groups in total. The molecule has 1 fully saturated rings. The summed E-state index contributed by atoms with van der Waals surface area (Å²) in [6, 6.07) is 7.44. The molecule has 1 aliphatic heterocycles. The summed E-state index contributed by atoms with van der Waals surface area (Å²) in [5.74, 6) is -1.00. The molecule has 0 bridgehead atoms. The van der Waals surface area contributed by atoms with Crippen molar-refractivity contribution in [3.8, 4) is 0 Å². The van der Waals surface area contributed by atoms with Gasteiger partial charge < -0.3 is 14.7 Å². The molecular weight excluding hydrogens is 302 g/mol. The number of carbonyl (C=O) groups is 2. The maximum absolute atomic E-state index is 12.9. The van der Waals surface area contributed by atoms with Crippen LogP contribution in [0.3, 0.4) is 0 Å². The summed E-state index contributed by atoms with van der Waals surface area (Å²) < 4.78 is 6.38. The molecule has 1 amide bonds. The van der Waals surface area contributed by atoms with Gasteiger partial charge in [-0.3, -0.25) is 9.59 Å². The van der Waals surface area contributed by atoms with E-state index in [2.05, 4.69) is 0 Å². The molecule has 2 heterocycles. The first kappa shape index (κ1) is 15.0. The average molecular weight is 319 g/mol. The minimum absolute atomic E-state index is 0.0479. The fraction of sp³-hybridized carbons (Fsp3) is 0.375. The fourth-order valence-corrected chi connectivity index (χ4v) is 3.92. The quantitative estimate of drug-likeness (QED) is 0.940. The topological polar surface area (TPSA) is 66.8 Å². The fourth-order valence-electron chi connectivity index (χ4n) is 2.99. The number of fused-ring (bicyclic) bond motifs is 1. The Morgan fingerprint density at radius 3 is 2.91 bits per heavy atom. The molecule has 2 atom stereocenters. The van der Waals surface area contributed by atoms with Crippen LogP contribution in [0.15, 0.2) is 29.6 Å². The molecule has 2 aromatic rings. The highest BCUT2D eigenvalue weighted by Gasteiger charge is 2.37. The van der Waals surface area contributed by atoms with Crippen molar-refractivity contribution in [2.45, 2.75) is 25.0 Å². The Bertz CT molecular complexity index is 711. The molecule has 0 aliphatic carbocycles. The van der Waals surface area contributed by atoms with Crippen LogP contribution in [0, 0.1) is 0 Å². The van der Waals surface area contributed by atoms with E-state index < -0.39 is 5.97 Å². The summed E-state index contributed by atoms with van der Waals surface area (Å²) in [6.45, 7) is 0.442.